The zero-order valence-electron chi connectivity index (χ0n) is 9.44. The molecule has 0 heterocycles. The van der Waals surface area contributed by atoms with Crippen molar-refractivity contribution in [2.45, 2.75) is 11.8 Å². The standard InChI is InChI=1S/C12H13ClN2O2/c1-15-12(16)17-6-5-11(13)10-4-2-3-9(7-10)8-14/h2-4,7,11H,5-6H2,1H3,(H,15,16). The first-order valence-electron chi connectivity index (χ1n) is 5.16. The molecule has 0 aromatic heterocycles. The molecule has 0 aliphatic rings. The van der Waals surface area contributed by atoms with E-state index < -0.39 is 6.09 Å². The second kappa shape index (κ2) is 6.77. The normalized spacial score (nSPS) is 11.4. The highest BCUT2D eigenvalue weighted by Crippen LogP contribution is 2.24. The van der Waals surface area contributed by atoms with E-state index in [4.69, 9.17) is 21.6 Å². The molecule has 1 amide bonds. The molecule has 0 fully saturated rings. The third kappa shape index (κ3) is 4.33. The van der Waals surface area contributed by atoms with Crippen molar-refractivity contribution >= 4 is 17.7 Å². The summed E-state index contributed by atoms with van der Waals surface area (Å²) in [6.07, 6.45) is 0.0313. The van der Waals surface area contributed by atoms with E-state index in [1.165, 1.54) is 7.05 Å². The van der Waals surface area contributed by atoms with E-state index in [1.807, 2.05) is 6.07 Å². The number of alkyl carbamates (subject to hydrolysis) is 1. The number of hydrogen-bond donors (Lipinski definition) is 1. The summed E-state index contributed by atoms with van der Waals surface area (Å²) in [6, 6.07) is 9.13. The zero-order valence-corrected chi connectivity index (χ0v) is 10.2. The molecule has 5 heteroatoms. The molecule has 1 aromatic rings. The Balaban J connectivity index is 2.49. The van der Waals surface area contributed by atoms with Crippen LogP contribution in [0.4, 0.5) is 4.79 Å². The topological polar surface area (TPSA) is 62.1 Å². The monoisotopic (exact) mass is 252 g/mol. The van der Waals surface area contributed by atoms with Crippen LogP contribution in [0.25, 0.3) is 0 Å². The van der Waals surface area contributed by atoms with Gasteiger partial charge in [-0.3, -0.25) is 0 Å². The van der Waals surface area contributed by atoms with Gasteiger partial charge in [0.1, 0.15) is 0 Å². The predicted octanol–water partition coefficient (Wildman–Crippen LogP) is 2.58. The summed E-state index contributed by atoms with van der Waals surface area (Å²) in [4.78, 5) is 10.8. The lowest BCUT2D eigenvalue weighted by atomic mass is 10.1. The summed E-state index contributed by atoms with van der Waals surface area (Å²) < 4.78 is 4.84. The Labute approximate surface area is 105 Å². The van der Waals surface area contributed by atoms with Crippen molar-refractivity contribution < 1.29 is 9.53 Å². The molecule has 1 atom stereocenters. The van der Waals surface area contributed by atoms with E-state index in [0.29, 0.717) is 12.0 Å². The maximum atomic E-state index is 10.8. The second-order valence-corrected chi connectivity index (χ2v) is 3.91. The van der Waals surface area contributed by atoms with Gasteiger partial charge in [0.2, 0.25) is 0 Å². The van der Waals surface area contributed by atoms with Crippen LogP contribution in [0, 0.1) is 11.3 Å². The number of halogens is 1. The first-order chi connectivity index (χ1) is 8.17. The lowest BCUT2D eigenvalue weighted by Crippen LogP contribution is -2.20. The van der Waals surface area contributed by atoms with E-state index in [9.17, 15) is 4.79 Å². The van der Waals surface area contributed by atoms with Gasteiger partial charge in [0, 0.05) is 13.5 Å². The molecule has 0 bridgehead atoms. The molecule has 0 aliphatic heterocycles. The van der Waals surface area contributed by atoms with Crippen LogP contribution in [0.5, 0.6) is 0 Å². The molecular formula is C12H13ClN2O2. The number of carbonyl (C=O) groups excluding carboxylic acids is 1. The summed E-state index contributed by atoms with van der Waals surface area (Å²) in [5, 5.41) is 10.8. The minimum Gasteiger partial charge on any atom is -0.450 e. The fourth-order valence-corrected chi connectivity index (χ4v) is 1.52. The Morgan fingerprint density at radius 2 is 2.41 bits per heavy atom. The van der Waals surface area contributed by atoms with Gasteiger partial charge in [0.25, 0.3) is 0 Å². The third-order valence-electron chi connectivity index (χ3n) is 2.19. The average Bonchev–Trinajstić information content (AvgIpc) is 2.38. The van der Waals surface area contributed by atoms with Gasteiger partial charge in [-0.15, -0.1) is 11.6 Å². The summed E-state index contributed by atoms with van der Waals surface area (Å²) in [7, 11) is 1.50. The molecule has 4 nitrogen and oxygen atoms in total. The largest absolute Gasteiger partial charge is 0.450 e. The predicted molar refractivity (Wildman–Crippen MR) is 64.8 cm³/mol. The molecular weight excluding hydrogens is 240 g/mol. The average molecular weight is 253 g/mol. The molecule has 0 saturated carbocycles. The minimum absolute atomic E-state index is 0.241. The quantitative estimate of drug-likeness (QED) is 0.838. The van der Waals surface area contributed by atoms with E-state index in [1.54, 1.807) is 18.2 Å². The van der Waals surface area contributed by atoms with Gasteiger partial charge >= 0.3 is 6.09 Å². The van der Waals surface area contributed by atoms with Crippen LogP contribution in [0.15, 0.2) is 24.3 Å². The van der Waals surface area contributed by atoms with Crippen LogP contribution >= 0.6 is 11.6 Å². The highest BCUT2D eigenvalue weighted by molar-refractivity contribution is 6.20. The van der Waals surface area contributed by atoms with Crippen molar-refractivity contribution in [3.8, 4) is 6.07 Å². The molecule has 0 spiro atoms. The lowest BCUT2D eigenvalue weighted by Gasteiger charge is -2.10. The van der Waals surface area contributed by atoms with Crippen molar-refractivity contribution in [1.82, 2.24) is 5.32 Å². The summed E-state index contributed by atoms with van der Waals surface area (Å²) >= 11 is 6.14. The number of nitrogens with one attached hydrogen (secondary N) is 1. The van der Waals surface area contributed by atoms with Crippen molar-refractivity contribution in [3.63, 3.8) is 0 Å². The summed E-state index contributed by atoms with van der Waals surface area (Å²) in [5.41, 5.74) is 1.42. The third-order valence-corrected chi connectivity index (χ3v) is 2.66. The van der Waals surface area contributed by atoms with Crippen LogP contribution < -0.4 is 5.32 Å². The fraction of sp³-hybridized carbons (Fsp3) is 0.333. The number of benzene rings is 1. The second-order valence-electron chi connectivity index (χ2n) is 3.38. The number of amides is 1. The van der Waals surface area contributed by atoms with Crippen molar-refractivity contribution in [2.75, 3.05) is 13.7 Å². The Morgan fingerprint density at radius 1 is 1.65 bits per heavy atom. The first kappa shape index (κ1) is 13.3. The number of hydrogen-bond acceptors (Lipinski definition) is 3. The maximum absolute atomic E-state index is 10.8. The highest BCUT2D eigenvalue weighted by Gasteiger charge is 2.09. The highest BCUT2D eigenvalue weighted by atomic mass is 35.5. The van der Waals surface area contributed by atoms with Crippen LogP contribution in [0.3, 0.4) is 0 Å². The number of nitrogens with zero attached hydrogens (tertiary/aromatic N) is 1. The Kier molecular flexibility index (Phi) is 5.31. The Hall–Kier alpha value is -1.73. The van der Waals surface area contributed by atoms with Crippen molar-refractivity contribution in [1.29, 1.82) is 5.26 Å². The Bertz CT molecular complexity index is 429. The molecule has 1 aromatic carbocycles. The molecule has 1 rings (SSSR count). The van der Waals surface area contributed by atoms with Crippen LogP contribution in [-0.4, -0.2) is 19.7 Å². The molecule has 1 N–H and O–H groups in total. The van der Waals surface area contributed by atoms with Crippen molar-refractivity contribution in [3.05, 3.63) is 35.4 Å². The molecule has 90 valence electrons. The zero-order chi connectivity index (χ0) is 12.7. The van der Waals surface area contributed by atoms with Gasteiger partial charge in [-0.05, 0) is 17.7 Å². The number of nitriles is 1. The Morgan fingerprint density at radius 3 is 3.06 bits per heavy atom. The molecule has 0 aliphatic carbocycles. The van der Waals surface area contributed by atoms with Crippen LogP contribution in [0.2, 0.25) is 0 Å². The van der Waals surface area contributed by atoms with E-state index >= 15 is 0 Å². The van der Waals surface area contributed by atoms with E-state index in [0.717, 1.165) is 5.56 Å². The SMILES string of the molecule is CNC(=O)OCCC(Cl)c1cccc(C#N)c1. The van der Waals surface area contributed by atoms with Gasteiger partial charge < -0.3 is 10.1 Å². The fourth-order valence-electron chi connectivity index (χ4n) is 1.30. The summed E-state index contributed by atoms with van der Waals surface area (Å²) in [6.45, 7) is 0.241. The van der Waals surface area contributed by atoms with Gasteiger partial charge in [-0.1, -0.05) is 12.1 Å². The number of alkyl halides is 1. The molecule has 0 saturated heterocycles. The van der Waals surface area contributed by atoms with Gasteiger partial charge in [0.05, 0.1) is 23.6 Å². The lowest BCUT2D eigenvalue weighted by molar-refractivity contribution is 0.147. The van der Waals surface area contributed by atoms with Gasteiger partial charge in [-0.25, -0.2) is 4.79 Å². The molecule has 1 unspecified atom stereocenters. The number of ether oxygens (including phenoxy) is 1. The molecule has 0 radical (unpaired) electrons. The first-order valence-corrected chi connectivity index (χ1v) is 5.59. The minimum atomic E-state index is -0.473. The smallest absolute Gasteiger partial charge is 0.406 e. The van der Waals surface area contributed by atoms with E-state index in [-0.39, 0.29) is 12.0 Å². The van der Waals surface area contributed by atoms with Gasteiger partial charge in [0.15, 0.2) is 0 Å². The van der Waals surface area contributed by atoms with E-state index in [2.05, 4.69) is 11.4 Å². The van der Waals surface area contributed by atoms with Crippen LogP contribution in [-0.2, 0) is 4.74 Å². The number of rotatable bonds is 4. The van der Waals surface area contributed by atoms with Gasteiger partial charge in [-0.2, -0.15) is 5.26 Å². The summed E-state index contributed by atoms with van der Waals surface area (Å²) in [5.74, 6) is 0. The van der Waals surface area contributed by atoms with Crippen molar-refractivity contribution in [2.24, 2.45) is 0 Å². The number of carbonyl (C=O) groups is 1. The maximum Gasteiger partial charge on any atom is 0.406 e. The van der Waals surface area contributed by atoms with Crippen LogP contribution in [0.1, 0.15) is 22.9 Å². The molecule has 17 heavy (non-hydrogen) atoms.